The van der Waals surface area contributed by atoms with E-state index in [-0.39, 0.29) is 25.0 Å². The van der Waals surface area contributed by atoms with Gasteiger partial charge in [0.25, 0.3) is 5.89 Å². The number of carbonyl (C=O) groups is 1. The second-order valence-electron chi connectivity index (χ2n) is 5.58. The van der Waals surface area contributed by atoms with E-state index in [0.717, 1.165) is 25.0 Å². The van der Waals surface area contributed by atoms with Crippen molar-refractivity contribution in [1.82, 2.24) is 15.5 Å². The molecule has 0 aliphatic carbocycles. The number of halogens is 2. The fraction of sp³-hybridized carbons (Fsp3) is 0.438. The molecule has 1 aliphatic rings. The van der Waals surface area contributed by atoms with Crippen LogP contribution < -0.4 is 5.32 Å². The zero-order valence-corrected chi connectivity index (χ0v) is 12.9. The van der Waals surface area contributed by atoms with E-state index in [4.69, 9.17) is 9.26 Å². The molecule has 0 saturated carbocycles. The van der Waals surface area contributed by atoms with Crippen molar-refractivity contribution >= 4 is 5.91 Å². The standard InChI is InChI=1S/C16H17F2N3O3/c17-11-5-3-10(8-12(11)18)4-6-15(22)19-9-14-20-16(24-21-14)13-2-1-7-23-13/h3,5,8,13H,1-2,4,6-7,9H2,(H,19,22)/t13-/m0/s1. The van der Waals surface area contributed by atoms with Gasteiger partial charge < -0.3 is 14.6 Å². The Morgan fingerprint density at radius 2 is 2.21 bits per heavy atom. The summed E-state index contributed by atoms with van der Waals surface area (Å²) in [5.41, 5.74) is 0.560. The molecular formula is C16H17F2N3O3. The molecule has 1 amide bonds. The van der Waals surface area contributed by atoms with Crippen LogP contribution in [0.3, 0.4) is 0 Å². The molecular weight excluding hydrogens is 320 g/mol. The largest absolute Gasteiger partial charge is 0.368 e. The fourth-order valence-electron chi connectivity index (χ4n) is 2.46. The third-order valence-electron chi connectivity index (χ3n) is 3.76. The lowest BCUT2D eigenvalue weighted by Gasteiger charge is -2.04. The number of amides is 1. The third-order valence-corrected chi connectivity index (χ3v) is 3.76. The van der Waals surface area contributed by atoms with Gasteiger partial charge in [0, 0.05) is 13.0 Å². The number of carbonyl (C=O) groups excluding carboxylic acids is 1. The molecule has 1 fully saturated rings. The van der Waals surface area contributed by atoms with Gasteiger partial charge in [0.15, 0.2) is 17.5 Å². The molecule has 3 rings (SSSR count). The predicted octanol–water partition coefficient (Wildman–Crippen LogP) is 2.45. The van der Waals surface area contributed by atoms with Gasteiger partial charge in [-0.15, -0.1) is 0 Å². The Hall–Kier alpha value is -2.35. The summed E-state index contributed by atoms with van der Waals surface area (Å²) in [6, 6.07) is 3.60. The van der Waals surface area contributed by atoms with Crippen molar-refractivity contribution in [1.29, 1.82) is 0 Å². The van der Waals surface area contributed by atoms with E-state index >= 15 is 0 Å². The number of nitrogens with zero attached hydrogens (tertiary/aromatic N) is 2. The highest BCUT2D eigenvalue weighted by atomic mass is 19.2. The van der Waals surface area contributed by atoms with Crippen molar-refractivity contribution in [3.05, 3.63) is 47.1 Å². The molecule has 1 atom stereocenters. The molecule has 0 unspecified atom stereocenters. The van der Waals surface area contributed by atoms with E-state index in [2.05, 4.69) is 15.5 Å². The molecule has 1 aromatic carbocycles. The van der Waals surface area contributed by atoms with Gasteiger partial charge in [-0.3, -0.25) is 4.79 Å². The van der Waals surface area contributed by atoms with Crippen LogP contribution >= 0.6 is 0 Å². The SMILES string of the molecule is O=C(CCc1ccc(F)c(F)c1)NCc1noc([C@@H]2CCCO2)n1. The second-order valence-corrected chi connectivity index (χ2v) is 5.58. The summed E-state index contributed by atoms with van der Waals surface area (Å²) in [5, 5.41) is 6.47. The van der Waals surface area contributed by atoms with E-state index in [0.29, 0.717) is 30.3 Å². The maximum absolute atomic E-state index is 13.1. The van der Waals surface area contributed by atoms with E-state index < -0.39 is 11.6 Å². The maximum atomic E-state index is 13.1. The minimum atomic E-state index is -0.915. The highest BCUT2D eigenvalue weighted by Crippen LogP contribution is 2.26. The van der Waals surface area contributed by atoms with Crippen molar-refractivity contribution in [2.45, 2.75) is 38.3 Å². The predicted molar refractivity (Wildman–Crippen MR) is 78.8 cm³/mol. The van der Waals surface area contributed by atoms with Gasteiger partial charge in [-0.1, -0.05) is 11.2 Å². The highest BCUT2D eigenvalue weighted by molar-refractivity contribution is 5.76. The molecule has 0 radical (unpaired) electrons. The monoisotopic (exact) mass is 337 g/mol. The lowest BCUT2D eigenvalue weighted by Crippen LogP contribution is -2.23. The Balaban J connectivity index is 1.44. The van der Waals surface area contributed by atoms with Crippen molar-refractivity contribution < 1.29 is 22.8 Å². The van der Waals surface area contributed by atoms with E-state index in [1.165, 1.54) is 6.07 Å². The normalized spacial score (nSPS) is 17.2. The number of nitrogens with one attached hydrogen (secondary N) is 1. The quantitative estimate of drug-likeness (QED) is 0.876. The summed E-state index contributed by atoms with van der Waals surface area (Å²) in [5.74, 6) is -1.24. The average Bonchev–Trinajstić information content (AvgIpc) is 3.25. The molecule has 0 bridgehead atoms. The van der Waals surface area contributed by atoms with Crippen molar-refractivity contribution in [3.8, 4) is 0 Å². The van der Waals surface area contributed by atoms with Gasteiger partial charge in [0.05, 0.1) is 6.54 Å². The van der Waals surface area contributed by atoms with Crippen molar-refractivity contribution in [2.24, 2.45) is 0 Å². The number of ether oxygens (including phenoxy) is 1. The molecule has 2 aromatic rings. The van der Waals surface area contributed by atoms with Crippen molar-refractivity contribution in [2.75, 3.05) is 6.61 Å². The lowest BCUT2D eigenvalue weighted by molar-refractivity contribution is -0.121. The summed E-state index contributed by atoms with van der Waals surface area (Å²) >= 11 is 0. The summed E-state index contributed by atoms with van der Waals surface area (Å²) in [6.07, 6.45) is 2.12. The molecule has 8 heteroatoms. The number of hydrogen-bond donors (Lipinski definition) is 1. The third kappa shape index (κ3) is 4.14. The van der Waals surface area contributed by atoms with Gasteiger partial charge >= 0.3 is 0 Å². The molecule has 1 N–H and O–H groups in total. The zero-order valence-electron chi connectivity index (χ0n) is 12.9. The van der Waals surface area contributed by atoms with Crippen LogP contribution in [0, 0.1) is 11.6 Å². The Kier molecular flexibility index (Phi) is 5.14. The Bertz CT molecular complexity index is 714. The Labute approximate surface area is 137 Å². The van der Waals surface area contributed by atoms with E-state index in [1.807, 2.05) is 0 Å². The van der Waals surface area contributed by atoms with Crippen LogP contribution in [0.5, 0.6) is 0 Å². The van der Waals surface area contributed by atoms with Gasteiger partial charge in [0.2, 0.25) is 5.91 Å². The number of aromatic nitrogens is 2. The Morgan fingerprint density at radius 1 is 1.33 bits per heavy atom. The molecule has 24 heavy (non-hydrogen) atoms. The summed E-state index contributed by atoms with van der Waals surface area (Å²) in [4.78, 5) is 16.0. The summed E-state index contributed by atoms with van der Waals surface area (Å²) in [6.45, 7) is 0.829. The van der Waals surface area contributed by atoms with Crippen molar-refractivity contribution in [3.63, 3.8) is 0 Å². The number of hydrogen-bond acceptors (Lipinski definition) is 5. The zero-order chi connectivity index (χ0) is 16.9. The first kappa shape index (κ1) is 16.5. The fourth-order valence-corrected chi connectivity index (χ4v) is 2.46. The van der Waals surface area contributed by atoms with Crippen LogP contribution in [0.4, 0.5) is 8.78 Å². The molecule has 128 valence electrons. The minimum absolute atomic E-state index is 0.146. The number of aryl methyl sites for hydroxylation is 1. The Morgan fingerprint density at radius 3 is 2.96 bits per heavy atom. The highest BCUT2D eigenvalue weighted by Gasteiger charge is 2.23. The van der Waals surface area contributed by atoms with Crippen LogP contribution in [-0.2, 0) is 22.5 Å². The molecule has 2 heterocycles. The number of rotatable bonds is 6. The van der Waals surface area contributed by atoms with Crippen LogP contribution in [0.2, 0.25) is 0 Å². The van der Waals surface area contributed by atoms with Crippen LogP contribution in [-0.4, -0.2) is 22.7 Å². The average molecular weight is 337 g/mol. The molecule has 0 spiro atoms. The van der Waals surface area contributed by atoms with Gasteiger partial charge in [-0.05, 0) is 37.0 Å². The topological polar surface area (TPSA) is 77.2 Å². The van der Waals surface area contributed by atoms with Crippen LogP contribution in [0.25, 0.3) is 0 Å². The molecule has 1 aliphatic heterocycles. The first-order chi connectivity index (χ1) is 11.6. The van der Waals surface area contributed by atoms with Gasteiger partial charge in [0.1, 0.15) is 6.10 Å². The van der Waals surface area contributed by atoms with Gasteiger partial charge in [-0.25, -0.2) is 8.78 Å². The molecule has 6 nitrogen and oxygen atoms in total. The molecule has 1 saturated heterocycles. The van der Waals surface area contributed by atoms with Gasteiger partial charge in [-0.2, -0.15) is 4.98 Å². The summed E-state index contributed by atoms with van der Waals surface area (Å²) < 4.78 is 36.5. The van der Waals surface area contributed by atoms with Crippen LogP contribution in [0.15, 0.2) is 22.7 Å². The number of benzene rings is 1. The van der Waals surface area contributed by atoms with E-state index in [9.17, 15) is 13.6 Å². The van der Waals surface area contributed by atoms with Crippen LogP contribution in [0.1, 0.15) is 42.6 Å². The van der Waals surface area contributed by atoms with E-state index in [1.54, 1.807) is 0 Å². The molecule has 1 aromatic heterocycles. The lowest BCUT2D eigenvalue weighted by atomic mass is 10.1. The maximum Gasteiger partial charge on any atom is 0.255 e. The second kappa shape index (κ2) is 7.48. The first-order valence-electron chi connectivity index (χ1n) is 7.76. The summed E-state index contributed by atoms with van der Waals surface area (Å²) in [7, 11) is 0. The minimum Gasteiger partial charge on any atom is -0.368 e. The smallest absolute Gasteiger partial charge is 0.255 e. The first-order valence-corrected chi connectivity index (χ1v) is 7.76.